The molecule has 0 fully saturated rings. The number of nitrogen functional groups attached to an aromatic ring is 1. The fraction of sp³-hybridized carbons (Fsp3) is 0.0938. The number of nitrogens with zero attached hydrogens (tertiary/aromatic N) is 5. The van der Waals surface area contributed by atoms with E-state index in [-0.39, 0.29) is 16.9 Å². The summed E-state index contributed by atoms with van der Waals surface area (Å²) in [5, 5.41) is 9.93. The number of carbonyl (C=O) groups excluding carboxylic acids is 1. The van der Waals surface area contributed by atoms with Gasteiger partial charge in [0.05, 0.1) is 29.0 Å². The molecule has 10 nitrogen and oxygen atoms in total. The van der Waals surface area contributed by atoms with Gasteiger partial charge in [-0.05, 0) is 55.8 Å². The second-order valence-electron chi connectivity index (χ2n) is 10.0. The molecule has 6 rings (SSSR count). The number of nitrogens with one attached hydrogen (secondary N) is 2. The van der Waals surface area contributed by atoms with E-state index in [9.17, 15) is 9.59 Å². The van der Waals surface area contributed by atoms with Crippen molar-refractivity contribution < 1.29 is 4.79 Å². The van der Waals surface area contributed by atoms with E-state index >= 15 is 0 Å². The molecular weight excluding hydrogens is 528 g/mol. The van der Waals surface area contributed by atoms with Crippen LogP contribution in [0.4, 0.5) is 11.5 Å². The summed E-state index contributed by atoms with van der Waals surface area (Å²) in [7, 11) is 1.76. The molecule has 3 aromatic carbocycles. The molecule has 3 heterocycles. The molecule has 0 aliphatic rings. The minimum Gasteiger partial charge on any atom is -0.382 e. The number of carbonyl (C=O) groups is 1. The second-order valence-corrected chi connectivity index (χ2v) is 10.0. The van der Waals surface area contributed by atoms with E-state index < -0.39 is 5.91 Å². The first-order valence-corrected chi connectivity index (χ1v) is 13.3. The number of hydrogen-bond donors (Lipinski definition) is 3. The van der Waals surface area contributed by atoms with Crippen molar-refractivity contribution in [3.63, 3.8) is 0 Å². The van der Waals surface area contributed by atoms with Crippen LogP contribution in [-0.2, 0) is 7.05 Å². The maximum absolute atomic E-state index is 13.3. The molecule has 3 aromatic heterocycles. The van der Waals surface area contributed by atoms with E-state index in [4.69, 9.17) is 10.7 Å². The Kier molecular flexibility index (Phi) is 6.71. The number of H-pyrrole nitrogens is 1. The summed E-state index contributed by atoms with van der Waals surface area (Å²) in [5.41, 5.74) is 13.3. The highest BCUT2D eigenvalue weighted by Gasteiger charge is 2.22. The average molecular weight is 557 g/mol. The second kappa shape index (κ2) is 10.7. The number of aryl methyl sites for hydroxylation is 1. The summed E-state index contributed by atoms with van der Waals surface area (Å²) in [6, 6.07) is 24.5. The molecule has 0 aliphatic heterocycles. The molecule has 0 atom stereocenters. The van der Waals surface area contributed by atoms with Crippen LogP contribution in [0.2, 0.25) is 0 Å². The van der Waals surface area contributed by atoms with Crippen molar-refractivity contribution in [3.8, 4) is 39.5 Å². The summed E-state index contributed by atoms with van der Waals surface area (Å²) < 4.78 is 3.19. The number of amides is 1. The maximum Gasteiger partial charge on any atom is 0.284 e. The smallest absolute Gasteiger partial charge is 0.284 e. The van der Waals surface area contributed by atoms with Crippen LogP contribution in [0.5, 0.6) is 0 Å². The third kappa shape index (κ3) is 4.86. The summed E-state index contributed by atoms with van der Waals surface area (Å²) >= 11 is 0. The SMILES string of the molecule is Cc1cccc(-n2c(=O)c(C(=O)Nc3ccc(-c4nc(-c5cccc(-c6cc[nH]n6)c5)cnc4N)cc3)c(C)n2C)c1. The van der Waals surface area contributed by atoms with Crippen molar-refractivity contribution in [3.05, 3.63) is 118 Å². The minimum absolute atomic E-state index is 0.0861. The van der Waals surface area contributed by atoms with Crippen molar-refractivity contribution in [1.29, 1.82) is 0 Å². The van der Waals surface area contributed by atoms with Crippen molar-refractivity contribution >= 4 is 17.4 Å². The van der Waals surface area contributed by atoms with Crippen LogP contribution in [-0.4, -0.2) is 35.4 Å². The van der Waals surface area contributed by atoms with Crippen LogP contribution >= 0.6 is 0 Å². The predicted molar refractivity (Wildman–Crippen MR) is 163 cm³/mol. The molecule has 1 amide bonds. The molecule has 10 heteroatoms. The van der Waals surface area contributed by atoms with Crippen LogP contribution in [0.15, 0.2) is 96.1 Å². The average Bonchev–Trinajstić information content (AvgIpc) is 3.60. The Morgan fingerprint density at radius 3 is 2.36 bits per heavy atom. The van der Waals surface area contributed by atoms with Crippen LogP contribution in [0.25, 0.3) is 39.5 Å². The number of benzene rings is 3. The number of anilines is 2. The number of aromatic amines is 1. The fourth-order valence-electron chi connectivity index (χ4n) is 4.93. The molecule has 0 saturated heterocycles. The molecule has 0 radical (unpaired) electrons. The Hall–Kier alpha value is -5.77. The lowest BCUT2D eigenvalue weighted by molar-refractivity contribution is 0.102. The Bertz CT molecular complexity index is 1990. The van der Waals surface area contributed by atoms with Crippen LogP contribution < -0.4 is 16.6 Å². The van der Waals surface area contributed by atoms with E-state index in [1.54, 1.807) is 43.2 Å². The van der Waals surface area contributed by atoms with Gasteiger partial charge < -0.3 is 11.1 Å². The normalized spacial score (nSPS) is 11.0. The summed E-state index contributed by atoms with van der Waals surface area (Å²) in [5.74, 6) is -0.194. The van der Waals surface area contributed by atoms with Gasteiger partial charge in [0.15, 0.2) is 0 Å². The zero-order valence-electron chi connectivity index (χ0n) is 23.3. The first kappa shape index (κ1) is 26.5. The van der Waals surface area contributed by atoms with Crippen molar-refractivity contribution in [2.45, 2.75) is 13.8 Å². The predicted octanol–water partition coefficient (Wildman–Crippen LogP) is 5.14. The molecule has 0 spiro atoms. The summed E-state index contributed by atoms with van der Waals surface area (Å²) in [4.78, 5) is 35.7. The Labute approximate surface area is 241 Å². The van der Waals surface area contributed by atoms with Crippen LogP contribution in [0.1, 0.15) is 21.6 Å². The quantitative estimate of drug-likeness (QED) is 0.260. The van der Waals surface area contributed by atoms with E-state index in [0.717, 1.165) is 27.9 Å². The van der Waals surface area contributed by atoms with Gasteiger partial charge in [0.1, 0.15) is 17.1 Å². The third-order valence-electron chi connectivity index (χ3n) is 7.20. The highest BCUT2D eigenvalue weighted by molar-refractivity contribution is 6.05. The van der Waals surface area contributed by atoms with Gasteiger partial charge in [-0.2, -0.15) is 5.10 Å². The standard InChI is InChI=1S/C32H28N8O2/c1-19-6-4-9-25(16-19)40-32(42)28(20(2)39(40)3)31(41)36-24-12-10-21(11-13-24)29-30(33)34-18-27(37-29)23-8-5-7-22(17-23)26-14-15-35-38-26/h4-18H,1-3H3,(H2,33,34)(H,35,38)(H,36,41). The number of hydrogen-bond acceptors (Lipinski definition) is 6. The first-order valence-electron chi connectivity index (χ1n) is 13.3. The molecule has 0 bridgehead atoms. The van der Waals surface area contributed by atoms with Crippen molar-refractivity contribution in [2.24, 2.45) is 7.05 Å². The minimum atomic E-state index is -0.481. The fourth-order valence-corrected chi connectivity index (χ4v) is 4.93. The zero-order valence-corrected chi connectivity index (χ0v) is 23.3. The molecule has 0 aliphatic carbocycles. The lowest BCUT2D eigenvalue weighted by atomic mass is 10.1. The zero-order chi connectivity index (χ0) is 29.4. The molecule has 6 aromatic rings. The van der Waals surface area contributed by atoms with Gasteiger partial charge in [0, 0.05) is 35.6 Å². The van der Waals surface area contributed by atoms with E-state index in [2.05, 4.69) is 20.5 Å². The molecule has 4 N–H and O–H groups in total. The van der Waals surface area contributed by atoms with E-state index in [1.165, 1.54) is 4.68 Å². The van der Waals surface area contributed by atoms with Gasteiger partial charge in [0.2, 0.25) is 0 Å². The van der Waals surface area contributed by atoms with Crippen LogP contribution in [0, 0.1) is 13.8 Å². The lowest BCUT2D eigenvalue weighted by Crippen LogP contribution is -2.25. The highest BCUT2D eigenvalue weighted by Crippen LogP contribution is 2.29. The topological polar surface area (TPSA) is 137 Å². The summed E-state index contributed by atoms with van der Waals surface area (Å²) in [6.45, 7) is 3.71. The molecule has 42 heavy (non-hydrogen) atoms. The third-order valence-corrected chi connectivity index (χ3v) is 7.20. The maximum atomic E-state index is 13.3. The van der Waals surface area contributed by atoms with Crippen LogP contribution in [0.3, 0.4) is 0 Å². The molecular formula is C32H28N8O2. The van der Waals surface area contributed by atoms with Gasteiger partial charge >= 0.3 is 0 Å². The Morgan fingerprint density at radius 1 is 0.905 bits per heavy atom. The Balaban J connectivity index is 1.25. The number of aromatic nitrogens is 6. The van der Waals surface area contributed by atoms with Gasteiger partial charge in [-0.3, -0.25) is 19.4 Å². The molecule has 208 valence electrons. The van der Waals surface area contributed by atoms with Gasteiger partial charge in [-0.1, -0.05) is 42.5 Å². The van der Waals surface area contributed by atoms with Crippen molar-refractivity contribution in [2.75, 3.05) is 11.1 Å². The highest BCUT2D eigenvalue weighted by atomic mass is 16.2. The van der Waals surface area contributed by atoms with E-state index in [0.29, 0.717) is 28.5 Å². The Morgan fingerprint density at radius 2 is 1.64 bits per heavy atom. The molecule has 0 unspecified atom stereocenters. The largest absolute Gasteiger partial charge is 0.382 e. The van der Waals surface area contributed by atoms with E-state index in [1.807, 2.05) is 73.7 Å². The lowest BCUT2D eigenvalue weighted by Gasteiger charge is -2.10. The first-order chi connectivity index (χ1) is 20.3. The molecule has 0 saturated carbocycles. The van der Waals surface area contributed by atoms with Gasteiger partial charge in [-0.15, -0.1) is 0 Å². The van der Waals surface area contributed by atoms with Gasteiger partial charge in [-0.25, -0.2) is 14.6 Å². The summed E-state index contributed by atoms with van der Waals surface area (Å²) in [6.07, 6.45) is 3.42. The number of nitrogens with two attached hydrogens (primary N) is 1. The monoisotopic (exact) mass is 556 g/mol. The van der Waals surface area contributed by atoms with Gasteiger partial charge in [0.25, 0.3) is 11.5 Å². The van der Waals surface area contributed by atoms with Crippen molar-refractivity contribution in [1.82, 2.24) is 29.5 Å². The number of rotatable bonds is 6.